The summed E-state index contributed by atoms with van der Waals surface area (Å²) in [6.07, 6.45) is 1.82. The molecule has 2 aromatic rings. The molecule has 0 radical (unpaired) electrons. The lowest BCUT2D eigenvalue weighted by Gasteiger charge is -2.05. The molecule has 2 aromatic heterocycles. The van der Waals surface area contributed by atoms with Crippen molar-refractivity contribution in [2.75, 3.05) is 6.54 Å². The van der Waals surface area contributed by atoms with Crippen LogP contribution in [0.5, 0.6) is 0 Å². The molecule has 0 aliphatic rings. The number of thiazole rings is 1. The summed E-state index contributed by atoms with van der Waals surface area (Å²) in [5.41, 5.74) is 0.343. The normalized spacial score (nSPS) is 10.4. The Hall–Kier alpha value is -2.06. The van der Waals surface area contributed by atoms with Crippen LogP contribution in [-0.4, -0.2) is 27.3 Å². The van der Waals surface area contributed by atoms with Crippen LogP contribution in [0.1, 0.15) is 21.1 Å². The third kappa shape index (κ3) is 3.73. The van der Waals surface area contributed by atoms with E-state index in [0.29, 0.717) is 13.0 Å². The minimum absolute atomic E-state index is 0.102. The summed E-state index contributed by atoms with van der Waals surface area (Å²) in [5.74, 6) is -0.556. The fourth-order valence-corrected chi connectivity index (χ4v) is 2.68. The van der Waals surface area contributed by atoms with Crippen LogP contribution >= 0.6 is 22.9 Å². The molecule has 21 heavy (non-hydrogen) atoms. The van der Waals surface area contributed by atoms with Crippen LogP contribution in [0.25, 0.3) is 0 Å². The molecule has 0 bridgehead atoms. The van der Waals surface area contributed by atoms with Gasteiger partial charge in [0, 0.05) is 30.2 Å². The largest absolute Gasteiger partial charge is 0.351 e. The van der Waals surface area contributed by atoms with E-state index in [9.17, 15) is 14.9 Å². The zero-order valence-corrected chi connectivity index (χ0v) is 12.6. The monoisotopic (exact) mass is 326 g/mol. The highest BCUT2D eigenvalue weighted by atomic mass is 35.5. The molecule has 0 aliphatic carbocycles. The molecule has 110 valence electrons. The number of pyridine rings is 1. The molecule has 0 saturated heterocycles. The van der Waals surface area contributed by atoms with Gasteiger partial charge >= 0.3 is 5.69 Å². The Bertz CT molecular complexity index is 689. The van der Waals surface area contributed by atoms with Crippen molar-refractivity contribution in [1.29, 1.82) is 0 Å². The fourth-order valence-electron chi connectivity index (χ4n) is 1.68. The standard InChI is InChI=1S/C12H11ClN4O3S/c1-7-6-21-9(16-7)3-5-15-12(18)8-2-4-14-11(13)10(8)17(19)20/h2,4,6H,3,5H2,1H3,(H,15,18). The van der Waals surface area contributed by atoms with E-state index in [0.717, 1.165) is 10.7 Å². The van der Waals surface area contributed by atoms with E-state index < -0.39 is 16.5 Å². The molecule has 1 N–H and O–H groups in total. The maximum absolute atomic E-state index is 12.0. The molecule has 2 heterocycles. The average molecular weight is 327 g/mol. The van der Waals surface area contributed by atoms with Crippen molar-refractivity contribution in [3.8, 4) is 0 Å². The number of hydrogen-bond donors (Lipinski definition) is 1. The number of nitro groups is 1. The Labute approximate surface area is 129 Å². The Kier molecular flexibility index (Phi) is 4.81. The second-order valence-electron chi connectivity index (χ2n) is 4.14. The summed E-state index contributed by atoms with van der Waals surface area (Å²) in [6, 6.07) is 1.27. The number of rotatable bonds is 5. The van der Waals surface area contributed by atoms with Crippen LogP contribution in [0.15, 0.2) is 17.6 Å². The van der Waals surface area contributed by atoms with Crippen LogP contribution in [0.2, 0.25) is 5.15 Å². The molecule has 0 atom stereocenters. The van der Waals surface area contributed by atoms with Crippen molar-refractivity contribution in [2.24, 2.45) is 0 Å². The zero-order valence-electron chi connectivity index (χ0n) is 11.0. The summed E-state index contributed by atoms with van der Waals surface area (Å²) < 4.78 is 0. The van der Waals surface area contributed by atoms with Crippen LogP contribution in [0, 0.1) is 17.0 Å². The van der Waals surface area contributed by atoms with Gasteiger partial charge in [0.2, 0.25) is 5.15 Å². The molecule has 1 amide bonds. The topological polar surface area (TPSA) is 98.0 Å². The second-order valence-corrected chi connectivity index (χ2v) is 5.44. The number of nitrogens with zero attached hydrogens (tertiary/aromatic N) is 3. The Morgan fingerprint density at radius 3 is 2.95 bits per heavy atom. The molecule has 0 spiro atoms. The highest BCUT2D eigenvalue weighted by Crippen LogP contribution is 2.25. The minimum Gasteiger partial charge on any atom is -0.351 e. The van der Waals surface area contributed by atoms with E-state index in [4.69, 9.17) is 11.6 Å². The molecule has 0 saturated carbocycles. The quantitative estimate of drug-likeness (QED) is 0.516. The maximum Gasteiger partial charge on any atom is 0.319 e. The summed E-state index contributed by atoms with van der Waals surface area (Å²) in [7, 11) is 0. The molecular weight excluding hydrogens is 316 g/mol. The number of carbonyl (C=O) groups is 1. The Balaban J connectivity index is 2.04. The number of halogens is 1. The first-order valence-corrected chi connectivity index (χ1v) is 7.23. The highest BCUT2D eigenvalue weighted by Gasteiger charge is 2.24. The second kappa shape index (κ2) is 6.59. The van der Waals surface area contributed by atoms with Gasteiger partial charge in [-0.15, -0.1) is 11.3 Å². The van der Waals surface area contributed by atoms with Gasteiger partial charge in [0.25, 0.3) is 5.91 Å². The summed E-state index contributed by atoms with van der Waals surface area (Å²) in [6.45, 7) is 2.23. The summed E-state index contributed by atoms with van der Waals surface area (Å²) >= 11 is 7.17. The third-order valence-electron chi connectivity index (χ3n) is 2.60. The van der Waals surface area contributed by atoms with E-state index in [1.807, 2.05) is 12.3 Å². The summed E-state index contributed by atoms with van der Waals surface area (Å²) in [4.78, 5) is 30.1. The molecule has 0 fully saturated rings. The van der Waals surface area contributed by atoms with Crippen LogP contribution in [0.4, 0.5) is 5.69 Å². The van der Waals surface area contributed by atoms with E-state index in [2.05, 4.69) is 15.3 Å². The molecular formula is C12H11ClN4O3S. The lowest BCUT2D eigenvalue weighted by Crippen LogP contribution is -2.26. The van der Waals surface area contributed by atoms with E-state index >= 15 is 0 Å². The van der Waals surface area contributed by atoms with Crippen molar-refractivity contribution in [3.05, 3.63) is 49.2 Å². The van der Waals surface area contributed by atoms with Gasteiger partial charge in [-0.1, -0.05) is 11.6 Å². The van der Waals surface area contributed by atoms with Crippen molar-refractivity contribution < 1.29 is 9.72 Å². The van der Waals surface area contributed by atoms with Crippen molar-refractivity contribution in [2.45, 2.75) is 13.3 Å². The fraction of sp³-hybridized carbons (Fsp3) is 0.250. The molecule has 0 unspecified atom stereocenters. The number of amides is 1. The number of carbonyl (C=O) groups excluding carboxylic acids is 1. The Morgan fingerprint density at radius 2 is 2.33 bits per heavy atom. The minimum atomic E-state index is -0.714. The van der Waals surface area contributed by atoms with Gasteiger partial charge in [0.15, 0.2) is 0 Å². The predicted octanol–water partition coefficient (Wildman–Crippen LogP) is 2.38. The van der Waals surface area contributed by atoms with Gasteiger partial charge in [-0.2, -0.15) is 0 Å². The van der Waals surface area contributed by atoms with Gasteiger partial charge in [-0.25, -0.2) is 9.97 Å². The molecule has 9 heteroatoms. The smallest absolute Gasteiger partial charge is 0.319 e. The molecule has 2 rings (SSSR count). The predicted molar refractivity (Wildman–Crippen MR) is 78.8 cm³/mol. The lowest BCUT2D eigenvalue weighted by molar-refractivity contribution is -0.385. The zero-order chi connectivity index (χ0) is 15.4. The first-order chi connectivity index (χ1) is 9.99. The van der Waals surface area contributed by atoms with Crippen LogP contribution in [-0.2, 0) is 6.42 Å². The molecule has 0 aliphatic heterocycles. The first kappa shape index (κ1) is 15.3. The SMILES string of the molecule is Cc1csc(CCNC(=O)c2ccnc(Cl)c2[N+](=O)[O-])n1. The molecule has 0 aromatic carbocycles. The van der Waals surface area contributed by atoms with Crippen molar-refractivity contribution in [3.63, 3.8) is 0 Å². The van der Waals surface area contributed by atoms with Gasteiger partial charge in [-0.05, 0) is 13.0 Å². The van der Waals surface area contributed by atoms with E-state index in [1.54, 1.807) is 0 Å². The lowest BCUT2D eigenvalue weighted by atomic mass is 10.2. The van der Waals surface area contributed by atoms with Gasteiger partial charge < -0.3 is 5.32 Å². The van der Waals surface area contributed by atoms with Crippen LogP contribution < -0.4 is 5.32 Å². The summed E-state index contributed by atoms with van der Waals surface area (Å²) in [5, 5.41) is 16.1. The van der Waals surface area contributed by atoms with E-state index in [-0.39, 0.29) is 10.7 Å². The third-order valence-corrected chi connectivity index (χ3v) is 3.90. The van der Waals surface area contributed by atoms with Crippen molar-refractivity contribution in [1.82, 2.24) is 15.3 Å². The van der Waals surface area contributed by atoms with Gasteiger partial charge in [0.1, 0.15) is 5.56 Å². The number of hydrogen-bond acceptors (Lipinski definition) is 6. The number of nitrogens with one attached hydrogen (secondary N) is 1. The number of aryl methyl sites for hydroxylation is 1. The first-order valence-electron chi connectivity index (χ1n) is 5.97. The maximum atomic E-state index is 12.0. The average Bonchev–Trinajstić information content (AvgIpc) is 2.83. The van der Waals surface area contributed by atoms with E-state index in [1.165, 1.54) is 23.6 Å². The number of aromatic nitrogens is 2. The Morgan fingerprint density at radius 1 is 1.57 bits per heavy atom. The van der Waals surface area contributed by atoms with Crippen LogP contribution in [0.3, 0.4) is 0 Å². The van der Waals surface area contributed by atoms with Crippen molar-refractivity contribution >= 4 is 34.5 Å². The van der Waals surface area contributed by atoms with Gasteiger partial charge in [-0.3, -0.25) is 14.9 Å². The highest BCUT2D eigenvalue weighted by molar-refractivity contribution is 7.09. The van der Waals surface area contributed by atoms with Gasteiger partial charge in [0.05, 0.1) is 9.93 Å². The molecule has 7 nitrogen and oxygen atoms in total.